The minimum Gasteiger partial charge on any atom is -0.345 e. The van der Waals surface area contributed by atoms with Crippen molar-refractivity contribution in [3.05, 3.63) is 64.3 Å². The Morgan fingerprint density at radius 2 is 1.70 bits per heavy atom. The molecule has 0 N–H and O–H groups in total. The molecule has 0 spiro atoms. The Kier molecular flexibility index (Phi) is 5.75. The van der Waals surface area contributed by atoms with Crippen LogP contribution < -0.4 is 4.90 Å². The van der Waals surface area contributed by atoms with Crippen molar-refractivity contribution < 1.29 is 21.6 Å². The third-order valence-electron chi connectivity index (χ3n) is 4.73. The second kappa shape index (κ2) is 8.18. The van der Waals surface area contributed by atoms with E-state index in [0.717, 1.165) is 30.3 Å². The second-order valence-electron chi connectivity index (χ2n) is 6.61. The van der Waals surface area contributed by atoms with Gasteiger partial charge in [-0.3, -0.25) is 0 Å². The summed E-state index contributed by atoms with van der Waals surface area (Å²) in [6.07, 6.45) is 0. The monoisotopic (exact) mass is 473 g/mol. The van der Waals surface area contributed by atoms with Crippen molar-refractivity contribution in [1.82, 2.24) is 9.29 Å². The van der Waals surface area contributed by atoms with E-state index >= 15 is 0 Å². The van der Waals surface area contributed by atoms with Crippen molar-refractivity contribution in [2.24, 2.45) is 0 Å². The Hall–Kier alpha value is -2.14. The fraction of sp³-hybridized carbons (Fsp3) is 0.211. The van der Waals surface area contributed by atoms with Crippen LogP contribution in [0.15, 0.2) is 46.7 Å². The van der Waals surface area contributed by atoms with E-state index in [1.54, 1.807) is 5.38 Å². The number of halogens is 4. The number of aromatic nitrogens is 1. The van der Waals surface area contributed by atoms with Crippen LogP contribution in [0.3, 0.4) is 0 Å². The molecule has 1 saturated heterocycles. The number of hydrogen-bond acceptors (Lipinski definition) is 5. The molecule has 0 amide bonds. The number of benzene rings is 2. The molecule has 2 aromatic carbocycles. The lowest BCUT2D eigenvalue weighted by atomic mass is 10.2. The summed E-state index contributed by atoms with van der Waals surface area (Å²) in [5.74, 6) is -2.47. The molecule has 2 heterocycles. The van der Waals surface area contributed by atoms with Crippen molar-refractivity contribution in [3.63, 3.8) is 0 Å². The maximum atomic E-state index is 13.5. The van der Waals surface area contributed by atoms with Gasteiger partial charge >= 0.3 is 0 Å². The van der Waals surface area contributed by atoms with Gasteiger partial charge in [0, 0.05) is 37.1 Å². The van der Waals surface area contributed by atoms with E-state index < -0.39 is 27.5 Å². The van der Waals surface area contributed by atoms with Crippen molar-refractivity contribution in [1.29, 1.82) is 0 Å². The van der Waals surface area contributed by atoms with Gasteiger partial charge in [-0.05, 0) is 36.4 Å². The predicted octanol–water partition coefficient (Wildman–Crippen LogP) is 4.39. The minimum atomic E-state index is -3.85. The zero-order valence-corrected chi connectivity index (χ0v) is 17.7. The molecule has 30 heavy (non-hydrogen) atoms. The summed E-state index contributed by atoms with van der Waals surface area (Å²) in [4.78, 5) is 6.26. The largest absolute Gasteiger partial charge is 0.345 e. The topological polar surface area (TPSA) is 53.5 Å². The molecule has 158 valence electrons. The molecule has 3 aromatic rings. The van der Waals surface area contributed by atoms with E-state index in [2.05, 4.69) is 4.98 Å². The highest BCUT2D eigenvalue weighted by Crippen LogP contribution is 2.30. The van der Waals surface area contributed by atoms with Crippen LogP contribution in [0, 0.1) is 17.5 Å². The van der Waals surface area contributed by atoms with Gasteiger partial charge in [0.2, 0.25) is 10.0 Å². The van der Waals surface area contributed by atoms with Crippen LogP contribution in [-0.4, -0.2) is 43.9 Å². The maximum absolute atomic E-state index is 13.5. The van der Waals surface area contributed by atoms with E-state index in [4.69, 9.17) is 11.6 Å². The van der Waals surface area contributed by atoms with Crippen molar-refractivity contribution in [3.8, 4) is 11.3 Å². The van der Waals surface area contributed by atoms with Crippen molar-refractivity contribution >= 4 is 38.1 Å². The smallest absolute Gasteiger partial charge is 0.244 e. The molecule has 0 atom stereocenters. The Bertz CT molecular complexity index is 1200. The molecular formula is C19H15ClF3N3O2S2. The first-order valence-corrected chi connectivity index (χ1v) is 11.6. The second-order valence-corrected chi connectivity index (χ2v) is 9.76. The molecule has 0 unspecified atom stereocenters. The zero-order chi connectivity index (χ0) is 21.5. The van der Waals surface area contributed by atoms with Crippen molar-refractivity contribution in [2.75, 3.05) is 31.1 Å². The molecular weight excluding hydrogens is 459 g/mol. The Morgan fingerprint density at radius 3 is 2.37 bits per heavy atom. The molecule has 11 heteroatoms. The molecule has 5 nitrogen and oxygen atoms in total. The average Bonchev–Trinajstić information content (AvgIpc) is 3.20. The average molecular weight is 474 g/mol. The van der Waals surface area contributed by atoms with Crippen LogP contribution in [0.2, 0.25) is 5.02 Å². The number of nitrogens with zero attached hydrogens (tertiary/aromatic N) is 3. The van der Waals surface area contributed by atoms with Crippen LogP contribution in [0.1, 0.15) is 0 Å². The van der Waals surface area contributed by atoms with Gasteiger partial charge in [-0.1, -0.05) is 11.6 Å². The number of rotatable bonds is 4. The number of anilines is 1. The lowest BCUT2D eigenvalue weighted by molar-refractivity contribution is 0.384. The number of thiazole rings is 1. The zero-order valence-electron chi connectivity index (χ0n) is 15.4. The standard InChI is InChI=1S/C19H15ClF3N3O2S2/c20-14-10-13(21)2-4-18(14)30(27,28)26-7-5-25(6-8-26)19-24-17(11-29-19)12-1-3-15(22)16(23)9-12/h1-4,9-11H,5-8H2. The van der Waals surface area contributed by atoms with Gasteiger partial charge in [-0.15, -0.1) is 11.3 Å². The third-order valence-corrected chi connectivity index (χ3v) is 8.01. The molecule has 0 bridgehead atoms. The highest BCUT2D eigenvalue weighted by atomic mass is 35.5. The Balaban J connectivity index is 1.47. The minimum absolute atomic E-state index is 0.131. The fourth-order valence-electron chi connectivity index (χ4n) is 3.14. The van der Waals surface area contributed by atoms with Gasteiger partial charge in [-0.25, -0.2) is 26.6 Å². The molecule has 1 aliphatic heterocycles. The molecule has 1 fully saturated rings. The summed E-state index contributed by atoms with van der Waals surface area (Å²) in [5.41, 5.74) is 0.977. The molecule has 1 aliphatic rings. The van der Waals surface area contributed by atoms with Crippen LogP contribution in [0.25, 0.3) is 11.3 Å². The van der Waals surface area contributed by atoms with Crippen LogP contribution in [0.4, 0.5) is 18.3 Å². The van der Waals surface area contributed by atoms with Gasteiger partial charge in [0.1, 0.15) is 10.7 Å². The van der Waals surface area contributed by atoms with E-state index in [-0.39, 0.29) is 23.0 Å². The van der Waals surface area contributed by atoms with E-state index in [1.165, 1.54) is 21.7 Å². The molecule has 1 aromatic heterocycles. The highest BCUT2D eigenvalue weighted by molar-refractivity contribution is 7.89. The highest BCUT2D eigenvalue weighted by Gasteiger charge is 2.31. The summed E-state index contributed by atoms with van der Waals surface area (Å²) in [5, 5.41) is 2.24. The summed E-state index contributed by atoms with van der Waals surface area (Å²) < 4.78 is 66.8. The van der Waals surface area contributed by atoms with Gasteiger partial charge < -0.3 is 4.90 Å². The lowest BCUT2D eigenvalue weighted by Gasteiger charge is -2.33. The van der Waals surface area contributed by atoms with Gasteiger partial charge in [0.05, 0.1) is 10.7 Å². The third kappa shape index (κ3) is 4.04. The Morgan fingerprint density at radius 1 is 0.967 bits per heavy atom. The van der Waals surface area contributed by atoms with E-state index in [9.17, 15) is 21.6 Å². The molecule has 0 aliphatic carbocycles. The van der Waals surface area contributed by atoms with Gasteiger partial charge in [-0.2, -0.15) is 4.31 Å². The van der Waals surface area contributed by atoms with E-state index in [1.807, 2.05) is 4.90 Å². The molecule has 4 rings (SSSR count). The number of piperazine rings is 1. The summed E-state index contributed by atoms with van der Waals surface area (Å²) in [7, 11) is -3.85. The molecule has 0 saturated carbocycles. The van der Waals surface area contributed by atoms with Crippen LogP contribution >= 0.6 is 22.9 Å². The maximum Gasteiger partial charge on any atom is 0.244 e. The van der Waals surface area contributed by atoms with Crippen molar-refractivity contribution in [2.45, 2.75) is 4.90 Å². The Labute approximate surface area is 180 Å². The molecule has 0 radical (unpaired) electrons. The number of hydrogen-bond donors (Lipinski definition) is 0. The summed E-state index contributed by atoms with van der Waals surface area (Å²) in [6, 6.07) is 6.78. The van der Waals surface area contributed by atoms with Crippen LogP contribution in [-0.2, 0) is 10.0 Å². The van der Waals surface area contributed by atoms with Crippen LogP contribution in [0.5, 0.6) is 0 Å². The van der Waals surface area contributed by atoms with E-state index in [0.29, 0.717) is 29.5 Å². The normalized spacial score (nSPS) is 15.5. The predicted molar refractivity (Wildman–Crippen MR) is 110 cm³/mol. The van der Waals surface area contributed by atoms with Gasteiger partial charge in [0.15, 0.2) is 16.8 Å². The first-order chi connectivity index (χ1) is 14.3. The quantitative estimate of drug-likeness (QED) is 0.564. The van der Waals surface area contributed by atoms with Gasteiger partial charge in [0.25, 0.3) is 0 Å². The SMILES string of the molecule is O=S(=O)(c1ccc(F)cc1Cl)N1CCN(c2nc(-c3ccc(F)c(F)c3)cs2)CC1. The summed E-state index contributed by atoms with van der Waals surface area (Å²) >= 11 is 7.26. The lowest BCUT2D eigenvalue weighted by Crippen LogP contribution is -2.48. The fourth-order valence-corrected chi connectivity index (χ4v) is 5.96. The first kappa shape index (κ1) is 21.1. The number of sulfonamides is 1. The first-order valence-electron chi connectivity index (χ1n) is 8.87. The summed E-state index contributed by atoms with van der Waals surface area (Å²) in [6.45, 7) is 1.19.